The average molecular weight is 585 g/mol. The lowest BCUT2D eigenvalue weighted by atomic mass is 9.82. The summed E-state index contributed by atoms with van der Waals surface area (Å²) in [5, 5.41) is 0. The summed E-state index contributed by atoms with van der Waals surface area (Å²) in [5.41, 5.74) is 0.600. The van der Waals surface area contributed by atoms with E-state index in [0.717, 1.165) is 25.7 Å². The summed E-state index contributed by atoms with van der Waals surface area (Å²) >= 11 is 0. The fraction of sp³-hybridized carbons (Fsp3) is 0.382. The van der Waals surface area contributed by atoms with Crippen LogP contribution < -0.4 is 9.47 Å². The molecule has 1 saturated carbocycles. The van der Waals surface area contributed by atoms with E-state index in [9.17, 15) is 18.0 Å². The molecule has 1 aliphatic rings. The van der Waals surface area contributed by atoms with Crippen molar-refractivity contribution in [1.82, 2.24) is 0 Å². The monoisotopic (exact) mass is 584 g/mol. The number of benzene rings is 3. The second-order valence-corrected chi connectivity index (χ2v) is 10.5. The van der Waals surface area contributed by atoms with Gasteiger partial charge in [-0.05, 0) is 92.3 Å². The lowest BCUT2D eigenvalue weighted by Crippen LogP contribution is -2.22. The van der Waals surface area contributed by atoms with E-state index in [1.165, 1.54) is 48.5 Å². The molecule has 0 aromatic heterocycles. The number of hydrogen-bond acceptors (Lipinski definition) is 4. The Bertz CT molecular complexity index is 1360. The van der Waals surface area contributed by atoms with Gasteiger partial charge in [-0.2, -0.15) is 8.78 Å². The van der Waals surface area contributed by atoms with E-state index < -0.39 is 35.0 Å². The average Bonchev–Trinajstić information content (AvgIpc) is 3.00. The maximum Gasteiger partial charge on any atom is 0.343 e. The molecule has 1 fully saturated rings. The molecule has 0 bridgehead atoms. The van der Waals surface area contributed by atoms with Gasteiger partial charge in [-0.3, -0.25) is 0 Å². The third-order valence-corrected chi connectivity index (χ3v) is 7.53. The van der Waals surface area contributed by atoms with E-state index in [0.29, 0.717) is 37.9 Å². The third kappa shape index (κ3) is 7.59. The molecule has 3 aromatic rings. The Morgan fingerprint density at radius 1 is 0.833 bits per heavy atom. The highest BCUT2D eigenvalue weighted by molar-refractivity contribution is 5.91. The summed E-state index contributed by atoms with van der Waals surface area (Å²) in [6, 6.07) is 11.0. The van der Waals surface area contributed by atoms with E-state index >= 15 is 4.39 Å². The van der Waals surface area contributed by atoms with E-state index in [1.54, 1.807) is 6.08 Å². The van der Waals surface area contributed by atoms with Gasteiger partial charge in [0.25, 0.3) is 0 Å². The summed E-state index contributed by atoms with van der Waals surface area (Å²) in [6.07, 6.45) is 8.19. The van der Waals surface area contributed by atoms with E-state index in [4.69, 9.17) is 14.2 Å². The van der Waals surface area contributed by atoms with Crippen LogP contribution >= 0.6 is 0 Å². The number of carbonyl (C=O) groups excluding carboxylic acids is 1. The molecular formula is C34H36F4O4. The second-order valence-electron chi connectivity index (χ2n) is 10.5. The Morgan fingerprint density at radius 3 is 2.21 bits per heavy atom. The first kappa shape index (κ1) is 31.3. The van der Waals surface area contributed by atoms with Crippen LogP contribution in [0.25, 0.3) is 11.1 Å². The minimum absolute atomic E-state index is 0.0175. The molecule has 4 rings (SSSR count). The molecule has 0 atom stereocenters. The number of hydrogen-bond donors (Lipinski definition) is 0. The number of ether oxygens (including phenoxy) is 3. The van der Waals surface area contributed by atoms with Crippen LogP contribution in [0.5, 0.6) is 11.5 Å². The first-order valence-corrected chi connectivity index (χ1v) is 14.5. The van der Waals surface area contributed by atoms with Crippen molar-refractivity contribution in [1.29, 1.82) is 0 Å². The highest BCUT2D eigenvalue weighted by atomic mass is 19.2. The molecule has 0 aliphatic heterocycles. The van der Waals surface area contributed by atoms with Gasteiger partial charge >= 0.3 is 5.97 Å². The molecule has 0 N–H and O–H groups in total. The van der Waals surface area contributed by atoms with Crippen molar-refractivity contribution < 1.29 is 36.6 Å². The van der Waals surface area contributed by atoms with Crippen molar-refractivity contribution in [3.63, 3.8) is 0 Å². The predicted octanol–water partition coefficient (Wildman–Crippen LogP) is 9.32. The van der Waals surface area contributed by atoms with Gasteiger partial charge in [0.1, 0.15) is 0 Å². The molecule has 42 heavy (non-hydrogen) atoms. The Morgan fingerprint density at radius 2 is 1.52 bits per heavy atom. The van der Waals surface area contributed by atoms with Crippen LogP contribution in [0.3, 0.4) is 0 Å². The zero-order valence-corrected chi connectivity index (χ0v) is 23.8. The van der Waals surface area contributed by atoms with Crippen LogP contribution in [0.4, 0.5) is 17.6 Å². The van der Waals surface area contributed by atoms with Gasteiger partial charge in [0.05, 0.1) is 18.3 Å². The molecule has 3 aromatic carbocycles. The summed E-state index contributed by atoms with van der Waals surface area (Å²) < 4.78 is 75.6. The molecule has 0 unspecified atom stereocenters. The summed E-state index contributed by atoms with van der Waals surface area (Å²) in [6.45, 7) is 6.64. The molecule has 1 aliphatic carbocycles. The standard InChI is InChI=1S/C34H36F4O4/c1-3-5-7-21-41-28-18-16-26(30(35)32(28)37)22-8-10-24(11-9-22)34(39)42-29-19-17-27(31(36)33(29)38)23-12-14-25(15-13-23)40-20-6-4-2/h3,8-11,16-19,23,25H,1,4-7,12-15,20-21H2,2H3. The molecule has 0 saturated heterocycles. The fourth-order valence-electron chi connectivity index (χ4n) is 5.10. The van der Waals surface area contributed by atoms with Gasteiger partial charge in [0, 0.05) is 12.2 Å². The van der Waals surface area contributed by atoms with Gasteiger partial charge in [-0.1, -0.05) is 37.6 Å². The Labute approximate surface area is 244 Å². The molecule has 0 heterocycles. The lowest BCUT2D eigenvalue weighted by molar-refractivity contribution is 0.0230. The van der Waals surface area contributed by atoms with E-state index in [1.807, 2.05) is 0 Å². The minimum Gasteiger partial charge on any atom is -0.490 e. The third-order valence-electron chi connectivity index (χ3n) is 7.53. The summed E-state index contributed by atoms with van der Waals surface area (Å²) in [5.74, 6) is -6.17. The predicted molar refractivity (Wildman–Crippen MR) is 154 cm³/mol. The molecular weight excluding hydrogens is 548 g/mol. The topological polar surface area (TPSA) is 44.8 Å². The molecule has 0 spiro atoms. The van der Waals surface area contributed by atoms with Gasteiger partial charge in [0.15, 0.2) is 23.1 Å². The molecule has 4 nitrogen and oxygen atoms in total. The Kier molecular flexibility index (Phi) is 11.2. The van der Waals surface area contributed by atoms with Gasteiger partial charge in [0.2, 0.25) is 11.6 Å². The smallest absolute Gasteiger partial charge is 0.343 e. The first-order chi connectivity index (χ1) is 20.3. The van der Waals surface area contributed by atoms with E-state index in [-0.39, 0.29) is 41.1 Å². The highest BCUT2D eigenvalue weighted by Crippen LogP contribution is 2.38. The largest absolute Gasteiger partial charge is 0.490 e. The summed E-state index contributed by atoms with van der Waals surface area (Å²) in [7, 11) is 0. The van der Waals surface area contributed by atoms with Gasteiger partial charge < -0.3 is 14.2 Å². The highest BCUT2D eigenvalue weighted by Gasteiger charge is 2.27. The number of carbonyl (C=O) groups is 1. The summed E-state index contributed by atoms with van der Waals surface area (Å²) in [4.78, 5) is 12.7. The van der Waals surface area contributed by atoms with Crippen LogP contribution in [-0.2, 0) is 4.74 Å². The lowest BCUT2D eigenvalue weighted by Gasteiger charge is -2.29. The number of unbranched alkanes of at least 4 members (excludes halogenated alkanes) is 2. The van der Waals surface area contributed by atoms with Crippen molar-refractivity contribution in [2.75, 3.05) is 13.2 Å². The normalized spacial score (nSPS) is 16.7. The number of esters is 1. The quantitative estimate of drug-likeness (QED) is 0.0660. The SMILES string of the molecule is C=CCCCOc1ccc(-c2ccc(C(=O)Oc3ccc(C4CCC(OCCCC)CC4)c(F)c3F)cc2)c(F)c1F. The van der Waals surface area contributed by atoms with Crippen LogP contribution in [0.15, 0.2) is 61.2 Å². The van der Waals surface area contributed by atoms with Gasteiger partial charge in [-0.15, -0.1) is 6.58 Å². The molecule has 224 valence electrons. The number of rotatable bonds is 13. The van der Waals surface area contributed by atoms with Crippen molar-refractivity contribution in [3.8, 4) is 22.6 Å². The zero-order valence-electron chi connectivity index (χ0n) is 23.8. The van der Waals surface area contributed by atoms with Crippen molar-refractivity contribution in [2.24, 2.45) is 0 Å². The van der Waals surface area contributed by atoms with Crippen LogP contribution in [0.2, 0.25) is 0 Å². The van der Waals surface area contributed by atoms with Crippen LogP contribution in [0.1, 0.15) is 80.1 Å². The zero-order chi connectivity index (χ0) is 30.1. The fourth-order valence-corrected chi connectivity index (χ4v) is 5.10. The van der Waals surface area contributed by atoms with Crippen molar-refractivity contribution in [3.05, 3.63) is 95.6 Å². The number of halogens is 4. The second kappa shape index (κ2) is 15.0. The van der Waals surface area contributed by atoms with Crippen molar-refractivity contribution in [2.45, 2.75) is 70.3 Å². The van der Waals surface area contributed by atoms with Gasteiger partial charge in [-0.25, -0.2) is 13.6 Å². The first-order valence-electron chi connectivity index (χ1n) is 14.5. The van der Waals surface area contributed by atoms with Crippen LogP contribution in [0, 0.1) is 23.3 Å². The molecule has 0 amide bonds. The maximum absolute atomic E-state index is 15.0. The molecule has 0 radical (unpaired) electrons. The van der Waals surface area contributed by atoms with E-state index in [2.05, 4.69) is 13.5 Å². The van der Waals surface area contributed by atoms with Crippen LogP contribution in [-0.4, -0.2) is 25.3 Å². The Hall–Kier alpha value is -3.65. The molecule has 8 heteroatoms. The number of allylic oxidation sites excluding steroid dienone is 1. The maximum atomic E-state index is 15.0. The van der Waals surface area contributed by atoms with Crippen molar-refractivity contribution >= 4 is 5.97 Å². The Balaban J connectivity index is 1.38. The minimum atomic E-state index is -1.22.